The molecule has 0 spiro atoms. The molecule has 0 saturated carbocycles. The van der Waals surface area contributed by atoms with Crippen molar-refractivity contribution in [3.63, 3.8) is 0 Å². The topological polar surface area (TPSA) is 49.4 Å². The molecule has 0 aliphatic carbocycles. The molecule has 3 nitrogen and oxygen atoms in total. The number of carboxylic acid groups (broad SMARTS) is 1. The molecular weight excluding hydrogens is 79.0 g/mol. The summed E-state index contributed by atoms with van der Waals surface area (Å²) in [7, 11) is 1.04. The van der Waals surface area contributed by atoms with Crippen LogP contribution in [0.5, 0.6) is 0 Å². The largest absolute Gasteiger partial charge is 1.00 e. The van der Waals surface area contributed by atoms with Crippen molar-refractivity contribution in [2.45, 2.75) is 0 Å². The van der Waals surface area contributed by atoms with E-state index < -0.39 is 6.16 Å². The summed E-state index contributed by atoms with van der Waals surface area (Å²) in [6, 6.07) is 0. The number of methoxy groups -OCH3 is 1. The van der Waals surface area contributed by atoms with Crippen LogP contribution in [-0.4, -0.2) is 13.3 Å². The fourth-order valence-electron chi connectivity index (χ4n) is 0. The smallest absolute Gasteiger partial charge is 0.553 e. The predicted molar refractivity (Wildman–Crippen MR) is 12.4 cm³/mol. The second-order valence-electron chi connectivity index (χ2n) is 0.454. The first-order chi connectivity index (χ1) is 2.27. The number of carbonyl (C=O) groups excluding carboxylic acids is 1. The average molecular weight is 82.0 g/mol. The molecule has 0 atom stereocenters. The van der Waals surface area contributed by atoms with E-state index in [-0.39, 0.29) is 18.9 Å². The van der Waals surface area contributed by atoms with Gasteiger partial charge in [0, 0.05) is 7.11 Å². The van der Waals surface area contributed by atoms with Crippen LogP contribution in [-0.2, 0) is 4.74 Å². The molecule has 0 heterocycles. The van der Waals surface area contributed by atoms with Crippen LogP contribution in [0.3, 0.4) is 0 Å². The molecule has 0 unspecified atom stereocenters. The molecular formula is C2H3LiO3. The number of hydrogen-bond donors (Lipinski definition) is 0. The fourth-order valence-corrected chi connectivity index (χ4v) is 0. The molecule has 6 heavy (non-hydrogen) atoms. The summed E-state index contributed by atoms with van der Waals surface area (Å²) >= 11 is 0. The molecule has 0 aliphatic heterocycles. The summed E-state index contributed by atoms with van der Waals surface area (Å²) in [5, 5.41) is 9.03. The third-order valence-electron chi connectivity index (χ3n) is 0.167. The second kappa shape index (κ2) is 4.87. The third-order valence-corrected chi connectivity index (χ3v) is 0.167. The van der Waals surface area contributed by atoms with E-state index in [0.29, 0.717) is 0 Å². The monoisotopic (exact) mass is 82.0 g/mol. The van der Waals surface area contributed by atoms with Gasteiger partial charge in [0.2, 0.25) is 0 Å². The van der Waals surface area contributed by atoms with E-state index in [1.165, 1.54) is 0 Å². The minimum Gasteiger partial charge on any atom is -0.553 e. The average Bonchev–Trinajstić information content (AvgIpc) is 1.38. The zero-order chi connectivity index (χ0) is 4.28. The molecule has 0 bridgehead atoms. The Labute approximate surface area is 47.5 Å². The molecule has 0 aliphatic rings. The van der Waals surface area contributed by atoms with Crippen molar-refractivity contribution >= 4 is 6.16 Å². The van der Waals surface area contributed by atoms with E-state index in [0.717, 1.165) is 7.11 Å². The van der Waals surface area contributed by atoms with Crippen molar-refractivity contribution in [1.29, 1.82) is 0 Å². The van der Waals surface area contributed by atoms with Crippen LogP contribution in [0, 0.1) is 0 Å². The van der Waals surface area contributed by atoms with Gasteiger partial charge in [-0.1, -0.05) is 0 Å². The molecule has 0 aromatic rings. The number of hydrogen-bond acceptors (Lipinski definition) is 3. The fraction of sp³-hybridized carbons (Fsp3) is 0.500. The van der Waals surface area contributed by atoms with Gasteiger partial charge >= 0.3 is 18.9 Å². The normalized spacial score (nSPS) is 5.50. The molecule has 4 heteroatoms. The maximum absolute atomic E-state index is 9.03. The van der Waals surface area contributed by atoms with Crippen molar-refractivity contribution in [2.24, 2.45) is 0 Å². The summed E-state index contributed by atoms with van der Waals surface area (Å²) in [4.78, 5) is 9.03. The van der Waals surface area contributed by atoms with Crippen molar-refractivity contribution in [3.8, 4) is 0 Å². The quantitative estimate of drug-likeness (QED) is 0.221. The summed E-state index contributed by atoms with van der Waals surface area (Å²) in [5.74, 6) is 0. The molecule has 0 N–H and O–H groups in total. The Balaban J connectivity index is 0. The third kappa shape index (κ3) is 9.12. The van der Waals surface area contributed by atoms with Crippen molar-refractivity contribution < 1.29 is 33.5 Å². The van der Waals surface area contributed by atoms with E-state index in [1.54, 1.807) is 0 Å². The number of rotatable bonds is 0. The van der Waals surface area contributed by atoms with Crippen molar-refractivity contribution in [2.75, 3.05) is 7.11 Å². The molecule has 0 saturated heterocycles. The second-order valence-corrected chi connectivity index (χ2v) is 0.454. The van der Waals surface area contributed by atoms with Gasteiger partial charge in [-0.15, -0.1) is 0 Å². The summed E-state index contributed by atoms with van der Waals surface area (Å²) in [5.41, 5.74) is 0. The maximum atomic E-state index is 9.03. The van der Waals surface area contributed by atoms with Crippen LogP contribution < -0.4 is 24.0 Å². The Kier molecular flexibility index (Phi) is 7.54. The van der Waals surface area contributed by atoms with Gasteiger partial charge in [-0.3, -0.25) is 0 Å². The molecule has 0 amide bonds. The Morgan fingerprint density at radius 3 is 2.00 bits per heavy atom. The van der Waals surface area contributed by atoms with Gasteiger partial charge in [-0.2, -0.15) is 0 Å². The minimum absolute atomic E-state index is 0. The first-order valence-electron chi connectivity index (χ1n) is 1.02. The Morgan fingerprint density at radius 1 is 1.83 bits per heavy atom. The Morgan fingerprint density at radius 2 is 2.00 bits per heavy atom. The van der Waals surface area contributed by atoms with Crippen molar-refractivity contribution in [1.82, 2.24) is 0 Å². The summed E-state index contributed by atoms with van der Waals surface area (Å²) < 4.78 is 3.56. The van der Waals surface area contributed by atoms with Crippen LogP contribution in [0.15, 0.2) is 0 Å². The minimum atomic E-state index is -1.50. The first kappa shape index (κ1) is 9.29. The number of ether oxygens (including phenoxy) is 1. The van der Waals surface area contributed by atoms with Gasteiger partial charge in [0.15, 0.2) is 0 Å². The van der Waals surface area contributed by atoms with Crippen LogP contribution in [0.25, 0.3) is 0 Å². The standard InChI is InChI=1S/C2H4O3.Li/c1-5-2(3)4;/h1H3,(H,3,4);/q;+1/p-1. The molecule has 0 aromatic carbocycles. The van der Waals surface area contributed by atoms with E-state index in [9.17, 15) is 0 Å². The Bertz CT molecular complexity index is 44.1. The van der Waals surface area contributed by atoms with Crippen LogP contribution in [0.4, 0.5) is 4.79 Å². The molecule has 0 aromatic heterocycles. The number of carbonyl (C=O) groups is 1. The van der Waals surface area contributed by atoms with Gasteiger partial charge in [0.1, 0.15) is 0 Å². The molecule has 0 fully saturated rings. The van der Waals surface area contributed by atoms with E-state index in [1.807, 2.05) is 0 Å². The van der Waals surface area contributed by atoms with Crippen LogP contribution >= 0.6 is 0 Å². The van der Waals surface area contributed by atoms with Gasteiger partial charge in [-0.25, -0.2) is 0 Å². The van der Waals surface area contributed by atoms with Gasteiger partial charge in [-0.05, 0) is 0 Å². The zero-order valence-corrected chi connectivity index (χ0v) is 3.72. The summed E-state index contributed by atoms with van der Waals surface area (Å²) in [6.45, 7) is 0. The molecule has 0 radical (unpaired) electrons. The Hall–Kier alpha value is -0.133. The summed E-state index contributed by atoms with van der Waals surface area (Å²) in [6.07, 6.45) is -1.50. The van der Waals surface area contributed by atoms with E-state index in [4.69, 9.17) is 9.90 Å². The van der Waals surface area contributed by atoms with Gasteiger partial charge < -0.3 is 14.6 Å². The van der Waals surface area contributed by atoms with Crippen molar-refractivity contribution in [3.05, 3.63) is 0 Å². The zero-order valence-electron chi connectivity index (χ0n) is 3.72. The van der Waals surface area contributed by atoms with Gasteiger partial charge in [0.05, 0.1) is 0 Å². The molecule has 0 rings (SSSR count). The van der Waals surface area contributed by atoms with Gasteiger partial charge in [0.25, 0.3) is 6.16 Å². The predicted octanol–water partition coefficient (Wildman–Crippen LogP) is -4.02. The van der Waals surface area contributed by atoms with Crippen LogP contribution in [0.2, 0.25) is 0 Å². The molecule has 30 valence electrons. The van der Waals surface area contributed by atoms with Crippen LogP contribution in [0.1, 0.15) is 0 Å². The van der Waals surface area contributed by atoms with E-state index in [2.05, 4.69) is 4.74 Å². The SMILES string of the molecule is COC(=O)[O-].[Li+]. The first-order valence-corrected chi connectivity index (χ1v) is 1.02. The maximum Gasteiger partial charge on any atom is 1.00 e. The van der Waals surface area contributed by atoms with E-state index >= 15 is 0 Å².